The van der Waals surface area contributed by atoms with E-state index in [4.69, 9.17) is 18.6 Å². The van der Waals surface area contributed by atoms with E-state index in [1.54, 1.807) is 24.4 Å². The summed E-state index contributed by atoms with van der Waals surface area (Å²) in [6.07, 6.45) is 3.03. The van der Waals surface area contributed by atoms with Gasteiger partial charge >= 0.3 is 0 Å². The lowest BCUT2D eigenvalue weighted by atomic mass is 10.1. The molecular weight excluding hydrogens is 448 g/mol. The Balaban J connectivity index is 1.59. The van der Waals surface area contributed by atoms with E-state index in [2.05, 4.69) is 4.98 Å². The van der Waals surface area contributed by atoms with Crippen molar-refractivity contribution in [2.45, 2.75) is 19.8 Å². The number of fused-ring (bicyclic) bond motifs is 2. The van der Waals surface area contributed by atoms with Crippen LogP contribution in [0.3, 0.4) is 0 Å². The Kier molecular flexibility index (Phi) is 7.62. The number of benzene rings is 2. The molecule has 0 radical (unpaired) electrons. The van der Waals surface area contributed by atoms with E-state index < -0.39 is 0 Å². The number of nitrogens with zero attached hydrogens (tertiary/aromatic N) is 2. The average molecular weight is 477 g/mol. The van der Waals surface area contributed by atoms with Gasteiger partial charge in [0.05, 0.1) is 23.6 Å². The highest BCUT2D eigenvalue weighted by Crippen LogP contribution is 2.31. The number of likely N-dealkylation sites (N-methyl/N-ethyl adjacent to an activating group) is 1. The molecule has 2 heterocycles. The number of hydrogen-bond donors (Lipinski definition) is 0. The van der Waals surface area contributed by atoms with Gasteiger partial charge in [0, 0.05) is 18.3 Å². The van der Waals surface area contributed by atoms with E-state index in [9.17, 15) is 9.59 Å². The third-order valence-electron chi connectivity index (χ3n) is 5.45. The third-order valence-corrected chi connectivity index (χ3v) is 5.45. The minimum absolute atomic E-state index is 0.112. The molecule has 8 heteroatoms. The minimum Gasteiger partial charge on any atom is -0.488 e. The number of ether oxygens (including phenoxy) is 3. The molecule has 0 aliphatic carbocycles. The molecule has 4 rings (SSSR count). The van der Waals surface area contributed by atoms with Gasteiger partial charge < -0.3 is 23.5 Å². The molecule has 2 aromatic heterocycles. The number of rotatable bonds is 11. The number of hydrogen-bond acceptors (Lipinski definition) is 8. The van der Waals surface area contributed by atoms with Crippen LogP contribution in [0.2, 0.25) is 0 Å². The summed E-state index contributed by atoms with van der Waals surface area (Å²) in [5.74, 6) is 1.63. The predicted molar refractivity (Wildman–Crippen MR) is 133 cm³/mol. The van der Waals surface area contributed by atoms with Crippen LogP contribution in [0.5, 0.6) is 17.2 Å². The van der Waals surface area contributed by atoms with Crippen LogP contribution in [0.1, 0.15) is 17.7 Å². The molecule has 8 nitrogen and oxygen atoms in total. The van der Waals surface area contributed by atoms with Gasteiger partial charge in [-0.25, -0.2) is 0 Å². The summed E-state index contributed by atoms with van der Waals surface area (Å²) < 4.78 is 22.8. The van der Waals surface area contributed by atoms with E-state index in [0.717, 1.165) is 17.8 Å². The Morgan fingerprint density at radius 2 is 1.86 bits per heavy atom. The van der Waals surface area contributed by atoms with E-state index in [-0.39, 0.29) is 5.43 Å². The van der Waals surface area contributed by atoms with Crippen LogP contribution in [-0.2, 0) is 16.0 Å². The molecule has 0 aliphatic heterocycles. The second kappa shape index (κ2) is 11.0. The van der Waals surface area contributed by atoms with Gasteiger partial charge in [0.2, 0.25) is 5.43 Å². The molecule has 0 saturated heterocycles. The molecule has 182 valence electrons. The van der Waals surface area contributed by atoms with E-state index in [1.807, 2.05) is 50.2 Å². The number of pyridine rings is 1. The highest BCUT2D eigenvalue weighted by atomic mass is 16.5. The normalized spacial score (nSPS) is 11.2. The first-order valence-electron chi connectivity index (χ1n) is 11.4. The summed E-state index contributed by atoms with van der Waals surface area (Å²) in [6, 6.07) is 12.5. The largest absolute Gasteiger partial charge is 0.488 e. The molecule has 0 atom stereocenters. The highest BCUT2D eigenvalue weighted by molar-refractivity contribution is 5.93. The van der Waals surface area contributed by atoms with Crippen molar-refractivity contribution in [1.82, 2.24) is 9.88 Å². The van der Waals surface area contributed by atoms with Crippen molar-refractivity contribution in [3.63, 3.8) is 0 Å². The van der Waals surface area contributed by atoms with Gasteiger partial charge in [0.15, 0.2) is 11.3 Å². The molecule has 0 bridgehead atoms. The molecule has 0 spiro atoms. The number of aromatic nitrogens is 1. The van der Waals surface area contributed by atoms with Gasteiger partial charge in [-0.3, -0.25) is 14.6 Å². The van der Waals surface area contributed by atoms with Gasteiger partial charge in [-0.2, -0.15) is 0 Å². The Hall–Kier alpha value is -3.91. The van der Waals surface area contributed by atoms with E-state index >= 15 is 0 Å². The molecule has 4 aromatic rings. The lowest BCUT2D eigenvalue weighted by Gasteiger charge is -2.13. The monoisotopic (exact) mass is 476 g/mol. The van der Waals surface area contributed by atoms with Crippen molar-refractivity contribution in [2.24, 2.45) is 0 Å². The van der Waals surface area contributed by atoms with Crippen molar-refractivity contribution in [3.05, 3.63) is 70.1 Å². The maximum atomic E-state index is 13.2. The van der Waals surface area contributed by atoms with Crippen molar-refractivity contribution >= 4 is 28.4 Å². The Morgan fingerprint density at radius 3 is 2.60 bits per heavy atom. The van der Waals surface area contributed by atoms with Crippen molar-refractivity contribution in [2.75, 3.05) is 33.9 Å². The first kappa shape index (κ1) is 24.2. The zero-order valence-electron chi connectivity index (χ0n) is 20.1. The van der Waals surface area contributed by atoms with Gasteiger partial charge in [-0.05, 0) is 75.8 Å². The fourth-order valence-electron chi connectivity index (χ4n) is 3.69. The molecule has 0 aliphatic rings. The summed E-state index contributed by atoms with van der Waals surface area (Å²) >= 11 is 0. The van der Waals surface area contributed by atoms with Gasteiger partial charge in [-0.15, -0.1) is 0 Å². The highest BCUT2D eigenvalue weighted by Gasteiger charge is 2.14. The second-order valence-electron chi connectivity index (χ2n) is 8.54. The van der Waals surface area contributed by atoms with E-state index in [0.29, 0.717) is 71.7 Å². The topological polar surface area (TPSA) is 91.1 Å². The second-order valence-corrected chi connectivity index (χ2v) is 8.54. The number of carbonyl (C=O) groups excluding carboxylic acids is 1. The van der Waals surface area contributed by atoms with Crippen LogP contribution in [0.25, 0.3) is 21.9 Å². The van der Waals surface area contributed by atoms with Gasteiger partial charge in [0.1, 0.15) is 23.7 Å². The first-order chi connectivity index (χ1) is 16.9. The van der Waals surface area contributed by atoms with Crippen LogP contribution in [-0.4, -0.2) is 50.2 Å². The summed E-state index contributed by atoms with van der Waals surface area (Å²) in [5.41, 5.74) is 2.53. The van der Waals surface area contributed by atoms with Crippen LogP contribution < -0.4 is 14.9 Å². The van der Waals surface area contributed by atoms with E-state index in [1.165, 1.54) is 0 Å². The van der Waals surface area contributed by atoms with Crippen LogP contribution >= 0.6 is 0 Å². The lowest BCUT2D eigenvalue weighted by Crippen LogP contribution is -2.19. The molecule has 0 saturated carbocycles. The van der Waals surface area contributed by atoms with Gasteiger partial charge in [-0.1, -0.05) is 0 Å². The fourth-order valence-corrected chi connectivity index (χ4v) is 3.69. The summed E-state index contributed by atoms with van der Waals surface area (Å²) in [6.45, 7) is 3.95. The van der Waals surface area contributed by atoms with Crippen molar-refractivity contribution in [3.8, 4) is 17.2 Å². The molecule has 2 aromatic carbocycles. The van der Waals surface area contributed by atoms with Crippen LogP contribution in [0.15, 0.2) is 57.9 Å². The molecule has 0 unspecified atom stereocenters. The minimum atomic E-state index is -0.112. The van der Waals surface area contributed by atoms with Crippen molar-refractivity contribution < 1.29 is 23.4 Å². The first-order valence-corrected chi connectivity index (χ1v) is 11.4. The summed E-state index contributed by atoms with van der Waals surface area (Å²) in [7, 11) is 3.95. The van der Waals surface area contributed by atoms with Crippen molar-refractivity contribution in [1.29, 1.82) is 0 Å². The Bertz CT molecular complexity index is 1380. The van der Waals surface area contributed by atoms with Gasteiger partial charge in [0.25, 0.3) is 6.47 Å². The number of aryl methyl sites for hydroxylation is 2. The molecular formula is C27H28N2O6. The quantitative estimate of drug-likeness (QED) is 0.178. The third kappa shape index (κ3) is 5.96. The fraction of sp³-hybridized carbons (Fsp3) is 0.296. The number of carbonyl (C=O) groups is 1. The smallest absolute Gasteiger partial charge is 0.293 e. The predicted octanol–water partition coefficient (Wildman–Crippen LogP) is 4.49. The van der Waals surface area contributed by atoms with Crippen LogP contribution in [0.4, 0.5) is 0 Å². The maximum Gasteiger partial charge on any atom is 0.293 e. The van der Waals surface area contributed by atoms with Crippen LogP contribution in [0, 0.1) is 6.92 Å². The molecule has 0 amide bonds. The molecule has 35 heavy (non-hydrogen) atoms. The summed E-state index contributed by atoms with van der Waals surface area (Å²) in [5, 5.41) is 0.963. The average Bonchev–Trinajstić information content (AvgIpc) is 2.83. The summed E-state index contributed by atoms with van der Waals surface area (Å²) in [4.78, 5) is 29.8. The zero-order chi connectivity index (χ0) is 24.8. The molecule has 0 N–H and O–H groups in total. The molecule has 0 fully saturated rings. The Labute approximate surface area is 203 Å². The SMILES string of the molecule is Cc1cc(OCCN(C)C)c2oc3cc(Oc4ccc(CCCOC=O)nc4)ccc3c(=O)c2c1. The lowest BCUT2D eigenvalue weighted by molar-refractivity contribution is -0.128. The standard InChI is InChI=1S/C27H28N2O6/c1-18-13-23-26(31)22-9-8-20(34-21-7-6-19(28-16-21)5-4-11-32-17-30)15-24(22)35-27(23)25(14-18)33-12-10-29(2)3/h6-9,13-17H,4-5,10-12H2,1-3H3. The maximum absolute atomic E-state index is 13.2. The Morgan fingerprint density at radius 1 is 1.03 bits per heavy atom. The zero-order valence-corrected chi connectivity index (χ0v) is 20.1.